The van der Waals surface area contributed by atoms with Crippen molar-refractivity contribution < 1.29 is 19.1 Å². The summed E-state index contributed by atoms with van der Waals surface area (Å²) in [5.41, 5.74) is 1.45. The highest BCUT2D eigenvalue weighted by Crippen LogP contribution is 2.33. The van der Waals surface area contributed by atoms with E-state index < -0.39 is 11.9 Å². The van der Waals surface area contributed by atoms with E-state index in [0.29, 0.717) is 33.6 Å². The molecule has 3 rings (SSSR count). The van der Waals surface area contributed by atoms with Crippen LogP contribution in [0, 0.1) is 5.92 Å². The molecule has 0 aliphatic carbocycles. The molecule has 8 heteroatoms. The van der Waals surface area contributed by atoms with Crippen LogP contribution in [0.2, 0.25) is 10.0 Å². The van der Waals surface area contributed by atoms with Crippen molar-refractivity contribution in [2.75, 3.05) is 23.4 Å². The number of hydrogen-bond acceptors (Lipinski definition) is 4. The zero-order valence-corrected chi connectivity index (χ0v) is 18.0. The first-order valence-corrected chi connectivity index (χ1v) is 10.5. The quantitative estimate of drug-likeness (QED) is 0.480. The van der Waals surface area contributed by atoms with Gasteiger partial charge >= 0.3 is 5.97 Å². The Labute approximate surface area is 185 Å². The average Bonchev–Trinajstić information content (AvgIpc) is 3.12. The van der Waals surface area contributed by atoms with Crippen molar-refractivity contribution >= 4 is 52.4 Å². The van der Waals surface area contributed by atoms with Crippen LogP contribution in [0.5, 0.6) is 0 Å². The summed E-state index contributed by atoms with van der Waals surface area (Å²) in [6.45, 7) is 2.62. The third-order valence-corrected chi connectivity index (χ3v) is 5.37. The number of hydrogen-bond donors (Lipinski definition) is 1. The molecule has 1 N–H and O–H groups in total. The highest BCUT2D eigenvalue weighted by atomic mass is 35.5. The van der Waals surface area contributed by atoms with Crippen LogP contribution in [-0.4, -0.2) is 30.9 Å². The number of anilines is 2. The number of halogens is 2. The number of rotatable bonds is 7. The molecule has 0 spiro atoms. The average molecular weight is 449 g/mol. The minimum absolute atomic E-state index is 0.0799. The van der Waals surface area contributed by atoms with Gasteiger partial charge in [-0.2, -0.15) is 0 Å². The van der Waals surface area contributed by atoms with E-state index in [1.54, 1.807) is 42.5 Å². The predicted molar refractivity (Wildman–Crippen MR) is 117 cm³/mol. The van der Waals surface area contributed by atoms with E-state index in [-0.39, 0.29) is 24.8 Å². The topological polar surface area (TPSA) is 75.7 Å². The largest absolute Gasteiger partial charge is 0.462 e. The van der Waals surface area contributed by atoms with Crippen molar-refractivity contribution in [3.05, 3.63) is 58.1 Å². The molecule has 2 amide bonds. The van der Waals surface area contributed by atoms with Gasteiger partial charge in [-0.3, -0.25) is 9.59 Å². The molecule has 1 aliphatic heterocycles. The van der Waals surface area contributed by atoms with E-state index in [4.69, 9.17) is 27.9 Å². The van der Waals surface area contributed by atoms with Crippen LogP contribution in [-0.2, 0) is 14.3 Å². The minimum Gasteiger partial charge on any atom is -0.462 e. The third-order valence-electron chi connectivity index (χ3n) is 4.81. The standard InChI is InChI=1S/C22H22Cl2N2O4/c1-2-3-10-30-22(29)14-4-7-17(8-5-14)25-21(28)15-11-20(27)26(13-15)19-12-16(23)6-9-18(19)24/h4-9,12,15H,2-3,10-11,13H2,1H3,(H,25,28)/t15-/m1/s1. The Morgan fingerprint density at radius 2 is 1.90 bits per heavy atom. The molecule has 0 aromatic heterocycles. The summed E-state index contributed by atoms with van der Waals surface area (Å²) in [7, 11) is 0. The van der Waals surface area contributed by atoms with Gasteiger partial charge in [0.05, 0.1) is 28.8 Å². The second-order valence-electron chi connectivity index (χ2n) is 7.06. The number of carbonyl (C=O) groups is 3. The smallest absolute Gasteiger partial charge is 0.338 e. The van der Waals surface area contributed by atoms with Crippen LogP contribution in [0.1, 0.15) is 36.5 Å². The van der Waals surface area contributed by atoms with E-state index in [9.17, 15) is 14.4 Å². The van der Waals surface area contributed by atoms with Crippen molar-refractivity contribution in [2.45, 2.75) is 26.2 Å². The van der Waals surface area contributed by atoms with E-state index in [1.165, 1.54) is 4.90 Å². The first-order chi connectivity index (χ1) is 14.4. The number of amides is 2. The van der Waals surface area contributed by atoms with Gasteiger partial charge in [-0.25, -0.2) is 4.79 Å². The summed E-state index contributed by atoms with van der Waals surface area (Å²) in [6.07, 6.45) is 1.84. The molecule has 0 radical (unpaired) electrons. The highest BCUT2D eigenvalue weighted by Gasteiger charge is 2.36. The van der Waals surface area contributed by atoms with Crippen LogP contribution < -0.4 is 10.2 Å². The normalized spacial score (nSPS) is 15.9. The summed E-state index contributed by atoms with van der Waals surface area (Å²) < 4.78 is 5.16. The fourth-order valence-electron chi connectivity index (χ4n) is 3.14. The van der Waals surface area contributed by atoms with Crippen LogP contribution in [0.25, 0.3) is 0 Å². The van der Waals surface area contributed by atoms with Gasteiger partial charge in [-0.05, 0) is 48.9 Å². The highest BCUT2D eigenvalue weighted by molar-refractivity contribution is 6.36. The maximum absolute atomic E-state index is 12.6. The number of carbonyl (C=O) groups excluding carboxylic acids is 3. The van der Waals surface area contributed by atoms with Gasteiger partial charge in [-0.1, -0.05) is 36.5 Å². The Morgan fingerprint density at radius 1 is 1.17 bits per heavy atom. The molecule has 30 heavy (non-hydrogen) atoms. The lowest BCUT2D eigenvalue weighted by Crippen LogP contribution is -2.28. The monoisotopic (exact) mass is 448 g/mol. The Bertz CT molecular complexity index is 947. The van der Waals surface area contributed by atoms with Crippen LogP contribution in [0.3, 0.4) is 0 Å². The zero-order valence-electron chi connectivity index (χ0n) is 16.5. The summed E-state index contributed by atoms with van der Waals surface area (Å²) in [6, 6.07) is 11.3. The van der Waals surface area contributed by atoms with Crippen molar-refractivity contribution in [3.8, 4) is 0 Å². The first-order valence-electron chi connectivity index (χ1n) is 9.72. The molecule has 1 fully saturated rings. The summed E-state index contributed by atoms with van der Waals surface area (Å²) >= 11 is 12.2. The lowest BCUT2D eigenvalue weighted by molar-refractivity contribution is -0.122. The van der Waals surface area contributed by atoms with Crippen LogP contribution in [0.4, 0.5) is 11.4 Å². The second kappa shape index (κ2) is 9.96. The first kappa shape index (κ1) is 22.1. The summed E-state index contributed by atoms with van der Waals surface area (Å²) in [5, 5.41) is 3.65. The maximum atomic E-state index is 12.6. The molecule has 0 saturated carbocycles. The predicted octanol–water partition coefficient (Wildman–Crippen LogP) is 4.94. The van der Waals surface area contributed by atoms with Gasteiger partial charge in [0.25, 0.3) is 0 Å². The van der Waals surface area contributed by atoms with Crippen LogP contribution >= 0.6 is 23.2 Å². The van der Waals surface area contributed by atoms with Crippen molar-refractivity contribution in [3.63, 3.8) is 0 Å². The Balaban J connectivity index is 1.60. The van der Waals surface area contributed by atoms with Crippen molar-refractivity contribution in [1.29, 1.82) is 0 Å². The molecule has 0 unspecified atom stereocenters. The number of unbranched alkanes of at least 4 members (excludes halogenated alkanes) is 1. The van der Waals surface area contributed by atoms with E-state index in [2.05, 4.69) is 5.32 Å². The number of benzene rings is 2. The lowest BCUT2D eigenvalue weighted by atomic mass is 10.1. The molecule has 2 aromatic rings. The van der Waals surface area contributed by atoms with Gasteiger partial charge in [0.2, 0.25) is 11.8 Å². The molecule has 6 nitrogen and oxygen atoms in total. The van der Waals surface area contributed by atoms with E-state index >= 15 is 0 Å². The fourth-order valence-corrected chi connectivity index (χ4v) is 3.52. The molecule has 2 aromatic carbocycles. The molecule has 1 aliphatic rings. The van der Waals surface area contributed by atoms with Gasteiger partial charge in [-0.15, -0.1) is 0 Å². The molecule has 158 valence electrons. The van der Waals surface area contributed by atoms with Gasteiger partial charge in [0, 0.05) is 23.7 Å². The molecular formula is C22H22Cl2N2O4. The SMILES string of the molecule is CCCCOC(=O)c1ccc(NC(=O)[C@@H]2CC(=O)N(c3cc(Cl)ccc3Cl)C2)cc1. The number of nitrogens with zero attached hydrogens (tertiary/aromatic N) is 1. The number of ether oxygens (including phenoxy) is 1. The molecular weight excluding hydrogens is 427 g/mol. The zero-order chi connectivity index (χ0) is 21.7. The summed E-state index contributed by atoms with van der Waals surface area (Å²) in [5.74, 6) is -1.38. The number of nitrogens with one attached hydrogen (secondary N) is 1. The van der Waals surface area contributed by atoms with Crippen molar-refractivity contribution in [2.24, 2.45) is 5.92 Å². The second-order valence-corrected chi connectivity index (χ2v) is 7.90. The molecule has 1 heterocycles. The van der Waals surface area contributed by atoms with Gasteiger partial charge in [0.1, 0.15) is 0 Å². The summed E-state index contributed by atoms with van der Waals surface area (Å²) in [4.78, 5) is 38.5. The number of esters is 1. The molecule has 1 atom stereocenters. The third kappa shape index (κ3) is 5.32. The van der Waals surface area contributed by atoms with E-state index in [1.807, 2.05) is 6.92 Å². The fraction of sp³-hybridized carbons (Fsp3) is 0.318. The van der Waals surface area contributed by atoms with Crippen molar-refractivity contribution in [1.82, 2.24) is 0 Å². The maximum Gasteiger partial charge on any atom is 0.338 e. The Hall–Kier alpha value is -2.57. The minimum atomic E-state index is -0.522. The Kier molecular flexibility index (Phi) is 7.34. The Morgan fingerprint density at radius 3 is 2.60 bits per heavy atom. The van der Waals surface area contributed by atoms with E-state index in [0.717, 1.165) is 12.8 Å². The molecule has 1 saturated heterocycles. The lowest BCUT2D eigenvalue weighted by Gasteiger charge is -2.18. The van der Waals surface area contributed by atoms with Gasteiger partial charge in [0.15, 0.2) is 0 Å². The van der Waals surface area contributed by atoms with Gasteiger partial charge < -0.3 is 15.0 Å². The van der Waals surface area contributed by atoms with Crippen LogP contribution in [0.15, 0.2) is 42.5 Å². The molecule has 0 bridgehead atoms.